The van der Waals surface area contributed by atoms with Crippen LogP contribution in [-0.4, -0.2) is 36.0 Å². The highest BCUT2D eigenvalue weighted by Crippen LogP contribution is 2.20. The predicted molar refractivity (Wildman–Crippen MR) is 83.8 cm³/mol. The molecule has 1 heterocycles. The van der Waals surface area contributed by atoms with Gasteiger partial charge in [-0.3, -0.25) is 4.79 Å². The Morgan fingerprint density at radius 3 is 2.67 bits per heavy atom. The number of likely N-dealkylation sites (N-methyl/N-ethyl adjacent to an activating group) is 2. The second kappa shape index (κ2) is 6.69. The van der Waals surface area contributed by atoms with Crippen LogP contribution in [0.4, 0.5) is 11.6 Å². The molecule has 0 aliphatic rings. The Morgan fingerprint density at radius 2 is 2.00 bits per heavy atom. The van der Waals surface area contributed by atoms with Crippen molar-refractivity contribution in [3.05, 3.63) is 36.4 Å². The van der Waals surface area contributed by atoms with Crippen molar-refractivity contribution in [1.29, 1.82) is 0 Å². The number of nitrogen functional groups attached to an aromatic ring is 1. The van der Waals surface area contributed by atoms with Gasteiger partial charge in [0.15, 0.2) is 5.82 Å². The van der Waals surface area contributed by atoms with Gasteiger partial charge in [0, 0.05) is 25.2 Å². The molecule has 0 fully saturated rings. The number of aromatic nitrogens is 2. The molecule has 0 radical (unpaired) electrons. The number of nitrogens with two attached hydrogens (primary N) is 1. The maximum atomic E-state index is 11.6. The largest absolute Gasteiger partial charge is 0.384 e. The number of hydrogen-bond acceptors (Lipinski definition) is 5. The van der Waals surface area contributed by atoms with Crippen LogP contribution in [0.5, 0.6) is 0 Å². The van der Waals surface area contributed by atoms with E-state index >= 15 is 0 Å². The summed E-state index contributed by atoms with van der Waals surface area (Å²) < 4.78 is 0. The van der Waals surface area contributed by atoms with E-state index in [1.54, 1.807) is 18.0 Å². The van der Waals surface area contributed by atoms with Crippen molar-refractivity contribution in [3.63, 3.8) is 0 Å². The molecule has 1 aromatic heterocycles. The molecule has 6 heteroatoms. The highest BCUT2D eigenvalue weighted by Gasteiger charge is 2.11. The summed E-state index contributed by atoms with van der Waals surface area (Å²) in [6.07, 6.45) is 0. The standard InChI is InChI=1S/C15H19N5O/c1-3-17-14(21)10-20(2)13-9-12(16)18-15(19-13)11-7-5-4-6-8-11/h4-9H,3,10H2,1-2H3,(H,17,21)(H2,16,18,19). The number of benzene rings is 1. The smallest absolute Gasteiger partial charge is 0.239 e. The molecule has 0 saturated heterocycles. The van der Waals surface area contributed by atoms with Gasteiger partial charge in [-0.1, -0.05) is 30.3 Å². The van der Waals surface area contributed by atoms with Gasteiger partial charge in [-0.25, -0.2) is 9.97 Å². The van der Waals surface area contributed by atoms with Crippen LogP contribution in [0.15, 0.2) is 36.4 Å². The van der Waals surface area contributed by atoms with Gasteiger partial charge in [0.2, 0.25) is 5.91 Å². The van der Waals surface area contributed by atoms with E-state index < -0.39 is 0 Å². The Labute approximate surface area is 124 Å². The number of amides is 1. The number of nitrogens with zero attached hydrogens (tertiary/aromatic N) is 3. The number of carbonyl (C=O) groups is 1. The summed E-state index contributed by atoms with van der Waals surface area (Å²) in [4.78, 5) is 22.1. The molecule has 110 valence electrons. The molecule has 0 atom stereocenters. The third kappa shape index (κ3) is 3.92. The maximum Gasteiger partial charge on any atom is 0.239 e. The molecule has 0 aliphatic carbocycles. The summed E-state index contributed by atoms with van der Waals surface area (Å²) in [7, 11) is 1.80. The average Bonchev–Trinajstić information content (AvgIpc) is 2.47. The van der Waals surface area contributed by atoms with Crippen LogP contribution in [-0.2, 0) is 4.79 Å². The molecule has 2 aromatic rings. The first-order valence-corrected chi connectivity index (χ1v) is 6.78. The van der Waals surface area contributed by atoms with Crippen molar-refractivity contribution in [2.24, 2.45) is 0 Å². The SMILES string of the molecule is CCNC(=O)CN(C)c1cc(N)nc(-c2ccccc2)n1. The molecule has 0 saturated carbocycles. The zero-order valence-electron chi connectivity index (χ0n) is 12.2. The fraction of sp³-hybridized carbons (Fsp3) is 0.267. The molecule has 3 N–H and O–H groups in total. The van der Waals surface area contributed by atoms with Crippen molar-refractivity contribution < 1.29 is 4.79 Å². The highest BCUT2D eigenvalue weighted by atomic mass is 16.2. The third-order valence-corrected chi connectivity index (χ3v) is 2.91. The van der Waals surface area contributed by atoms with E-state index in [4.69, 9.17) is 5.73 Å². The Morgan fingerprint density at radius 1 is 1.29 bits per heavy atom. The summed E-state index contributed by atoms with van der Waals surface area (Å²) >= 11 is 0. The fourth-order valence-electron chi connectivity index (χ4n) is 1.91. The van der Waals surface area contributed by atoms with Crippen LogP contribution in [0.3, 0.4) is 0 Å². The molecule has 1 aromatic carbocycles. The second-order valence-electron chi connectivity index (χ2n) is 4.65. The van der Waals surface area contributed by atoms with E-state index in [9.17, 15) is 4.79 Å². The van der Waals surface area contributed by atoms with Crippen molar-refractivity contribution in [2.45, 2.75) is 6.92 Å². The zero-order valence-corrected chi connectivity index (χ0v) is 12.2. The molecule has 0 spiro atoms. The summed E-state index contributed by atoms with van der Waals surface area (Å²) in [5.41, 5.74) is 6.73. The first-order valence-electron chi connectivity index (χ1n) is 6.78. The summed E-state index contributed by atoms with van der Waals surface area (Å²) in [5, 5.41) is 2.75. The molecular formula is C15H19N5O. The minimum absolute atomic E-state index is 0.0570. The lowest BCUT2D eigenvalue weighted by Gasteiger charge is -2.18. The van der Waals surface area contributed by atoms with Crippen LogP contribution >= 0.6 is 0 Å². The number of hydrogen-bond donors (Lipinski definition) is 2. The van der Waals surface area contributed by atoms with Crippen LogP contribution in [0.1, 0.15) is 6.92 Å². The second-order valence-corrected chi connectivity index (χ2v) is 4.65. The molecule has 0 unspecified atom stereocenters. The fourth-order valence-corrected chi connectivity index (χ4v) is 1.91. The average molecular weight is 285 g/mol. The van der Waals surface area contributed by atoms with Gasteiger partial charge in [0.05, 0.1) is 6.54 Å². The normalized spacial score (nSPS) is 10.2. The molecule has 0 bridgehead atoms. The number of nitrogens with one attached hydrogen (secondary N) is 1. The van der Waals surface area contributed by atoms with Crippen molar-refractivity contribution in [3.8, 4) is 11.4 Å². The first-order chi connectivity index (χ1) is 10.1. The van der Waals surface area contributed by atoms with E-state index in [2.05, 4.69) is 15.3 Å². The van der Waals surface area contributed by atoms with Gasteiger partial charge in [-0.15, -0.1) is 0 Å². The predicted octanol–water partition coefficient (Wildman–Crippen LogP) is 1.30. The summed E-state index contributed by atoms with van der Waals surface area (Å²) in [6.45, 7) is 2.71. The molecule has 6 nitrogen and oxygen atoms in total. The van der Waals surface area contributed by atoms with Crippen molar-refractivity contribution in [2.75, 3.05) is 30.8 Å². The van der Waals surface area contributed by atoms with Gasteiger partial charge in [-0.2, -0.15) is 0 Å². The third-order valence-electron chi connectivity index (χ3n) is 2.91. The number of carbonyl (C=O) groups excluding carboxylic acids is 1. The highest BCUT2D eigenvalue weighted by molar-refractivity contribution is 5.81. The first kappa shape index (κ1) is 14.8. The van der Waals surface area contributed by atoms with E-state index in [1.165, 1.54) is 0 Å². The molecule has 2 rings (SSSR count). The van der Waals surface area contributed by atoms with E-state index in [0.717, 1.165) is 5.56 Å². The van der Waals surface area contributed by atoms with E-state index in [1.807, 2.05) is 37.3 Å². The van der Waals surface area contributed by atoms with Crippen molar-refractivity contribution >= 4 is 17.5 Å². The lowest BCUT2D eigenvalue weighted by molar-refractivity contribution is -0.119. The lowest BCUT2D eigenvalue weighted by Crippen LogP contribution is -2.35. The molecule has 21 heavy (non-hydrogen) atoms. The zero-order chi connectivity index (χ0) is 15.2. The van der Waals surface area contributed by atoms with Crippen LogP contribution < -0.4 is 16.0 Å². The number of rotatable bonds is 5. The van der Waals surface area contributed by atoms with E-state index in [0.29, 0.717) is 24.0 Å². The monoisotopic (exact) mass is 285 g/mol. The lowest BCUT2D eigenvalue weighted by atomic mass is 10.2. The molecule has 1 amide bonds. The van der Waals surface area contributed by atoms with Gasteiger partial charge in [-0.05, 0) is 6.92 Å². The van der Waals surface area contributed by atoms with Crippen molar-refractivity contribution in [1.82, 2.24) is 15.3 Å². The van der Waals surface area contributed by atoms with Crippen LogP contribution in [0, 0.1) is 0 Å². The minimum Gasteiger partial charge on any atom is -0.384 e. The summed E-state index contributed by atoms with van der Waals surface area (Å²) in [5.74, 6) is 1.49. The van der Waals surface area contributed by atoms with Gasteiger partial charge < -0.3 is 16.0 Å². The Hall–Kier alpha value is -2.63. The number of anilines is 2. The van der Waals surface area contributed by atoms with Gasteiger partial charge in [0.1, 0.15) is 11.6 Å². The van der Waals surface area contributed by atoms with Gasteiger partial charge >= 0.3 is 0 Å². The molecule has 0 aliphatic heterocycles. The van der Waals surface area contributed by atoms with Crippen LogP contribution in [0.2, 0.25) is 0 Å². The van der Waals surface area contributed by atoms with E-state index in [-0.39, 0.29) is 12.5 Å². The topological polar surface area (TPSA) is 84.1 Å². The Kier molecular flexibility index (Phi) is 4.71. The Bertz CT molecular complexity index is 615. The molecular weight excluding hydrogens is 266 g/mol. The van der Waals surface area contributed by atoms with Gasteiger partial charge in [0.25, 0.3) is 0 Å². The summed E-state index contributed by atoms with van der Waals surface area (Å²) in [6, 6.07) is 11.3. The van der Waals surface area contributed by atoms with Crippen LogP contribution in [0.25, 0.3) is 11.4 Å². The Balaban J connectivity index is 2.25. The minimum atomic E-state index is -0.0570. The quantitative estimate of drug-likeness (QED) is 0.865. The maximum absolute atomic E-state index is 11.6.